The van der Waals surface area contributed by atoms with Crippen LogP contribution in [-0.2, 0) is 20.7 Å². The van der Waals surface area contributed by atoms with Gasteiger partial charge in [0.05, 0.1) is 18.6 Å². The minimum absolute atomic E-state index is 0.0631. The third kappa shape index (κ3) is 3.96. The zero-order valence-electron chi connectivity index (χ0n) is 15.0. The van der Waals surface area contributed by atoms with Gasteiger partial charge in [-0.25, -0.2) is 9.67 Å². The van der Waals surface area contributed by atoms with E-state index in [1.807, 2.05) is 20.8 Å². The Balaban J connectivity index is 1.82. The maximum absolute atomic E-state index is 13.3. The molecule has 25 heavy (non-hydrogen) atoms. The Hall–Kier alpha value is -2.05. The lowest BCUT2D eigenvalue weighted by Gasteiger charge is -2.37. The molecule has 0 N–H and O–H groups in total. The molecule has 0 spiro atoms. The van der Waals surface area contributed by atoms with Crippen LogP contribution in [0.3, 0.4) is 0 Å². The smallest absolute Gasteiger partial charge is 0.168 e. The molecule has 0 amide bonds. The number of ketones is 1. The summed E-state index contributed by atoms with van der Waals surface area (Å²) in [5.74, 6) is 0.0631. The van der Waals surface area contributed by atoms with Crippen LogP contribution in [0.4, 0.5) is 0 Å². The van der Waals surface area contributed by atoms with Gasteiger partial charge in [0.2, 0.25) is 0 Å². The summed E-state index contributed by atoms with van der Waals surface area (Å²) in [4.78, 5) is 17.3. The van der Waals surface area contributed by atoms with Gasteiger partial charge in [0.1, 0.15) is 18.7 Å². The zero-order chi connectivity index (χ0) is 17.9. The highest BCUT2D eigenvalue weighted by atomic mass is 16.7. The SMILES string of the molecule is CCC1OCC(C)(C(=O)C(Cc2ccc(C)cc2)n2cncn2)CO1. The Labute approximate surface area is 148 Å². The van der Waals surface area contributed by atoms with E-state index in [1.165, 1.54) is 11.9 Å². The van der Waals surface area contributed by atoms with Crippen molar-refractivity contribution < 1.29 is 14.3 Å². The fourth-order valence-electron chi connectivity index (χ4n) is 3.06. The fraction of sp³-hybridized carbons (Fsp3) is 0.526. The quantitative estimate of drug-likeness (QED) is 0.807. The van der Waals surface area contributed by atoms with Gasteiger partial charge < -0.3 is 9.47 Å². The lowest BCUT2D eigenvalue weighted by atomic mass is 9.81. The Morgan fingerprint density at radius 2 is 2.00 bits per heavy atom. The molecule has 0 radical (unpaired) electrons. The number of carbonyl (C=O) groups is 1. The predicted molar refractivity (Wildman–Crippen MR) is 93.0 cm³/mol. The number of benzene rings is 1. The number of hydrogen-bond acceptors (Lipinski definition) is 5. The fourth-order valence-corrected chi connectivity index (χ4v) is 3.06. The number of ether oxygens (including phenoxy) is 2. The molecule has 1 aromatic carbocycles. The third-order valence-electron chi connectivity index (χ3n) is 4.71. The molecular weight excluding hydrogens is 318 g/mol. The van der Waals surface area contributed by atoms with Crippen LogP contribution in [0.2, 0.25) is 0 Å². The monoisotopic (exact) mass is 343 g/mol. The molecule has 134 valence electrons. The van der Waals surface area contributed by atoms with Crippen molar-refractivity contribution in [3.05, 3.63) is 48.0 Å². The molecule has 6 nitrogen and oxygen atoms in total. The first kappa shape index (κ1) is 17.8. The van der Waals surface area contributed by atoms with Crippen LogP contribution < -0.4 is 0 Å². The molecule has 1 fully saturated rings. The number of Topliss-reactive ketones (excluding diaryl/α,β-unsaturated/α-hetero) is 1. The third-order valence-corrected chi connectivity index (χ3v) is 4.71. The molecule has 2 aromatic rings. The van der Waals surface area contributed by atoms with Crippen molar-refractivity contribution in [2.75, 3.05) is 13.2 Å². The highest BCUT2D eigenvalue weighted by Gasteiger charge is 2.43. The molecule has 0 bridgehead atoms. The molecule has 6 heteroatoms. The molecule has 1 aliphatic heterocycles. The second kappa shape index (κ2) is 7.45. The summed E-state index contributed by atoms with van der Waals surface area (Å²) in [5, 5.41) is 4.21. The summed E-state index contributed by atoms with van der Waals surface area (Å²) in [7, 11) is 0. The first-order chi connectivity index (χ1) is 12.0. The predicted octanol–water partition coefficient (Wildman–Crippen LogP) is 2.73. The zero-order valence-corrected chi connectivity index (χ0v) is 15.0. The van der Waals surface area contributed by atoms with Crippen molar-refractivity contribution in [3.8, 4) is 0 Å². The highest BCUT2D eigenvalue weighted by molar-refractivity contribution is 5.88. The number of aromatic nitrogens is 3. The number of carbonyl (C=O) groups excluding carboxylic acids is 1. The number of aryl methyl sites for hydroxylation is 1. The van der Waals surface area contributed by atoms with Gasteiger partial charge in [-0.2, -0.15) is 5.10 Å². The van der Waals surface area contributed by atoms with Crippen LogP contribution in [0.25, 0.3) is 0 Å². The second-order valence-corrected chi connectivity index (χ2v) is 6.97. The summed E-state index contributed by atoms with van der Waals surface area (Å²) in [6.07, 6.45) is 4.18. The van der Waals surface area contributed by atoms with Gasteiger partial charge in [-0.3, -0.25) is 4.79 Å². The van der Waals surface area contributed by atoms with Crippen LogP contribution >= 0.6 is 0 Å². The van der Waals surface area contributed by atoms with E-state index in [0.717, 1.165) is 12.0 Å². The first-order valence-electron chi connectivity index (χ1n) is 8.69. The Kier molecular flexibility index (Phi) is 5.30. The second-order valence-electron chi connectivity index (χ2n) is 6.97. The van der Waals surface area contributed by atoms with E-state index >= 15 is 0 Å². The van der Waals surface area contributed by atoms with Crippen LogP contribution in [0.1, 0.15) is 37.4 Å². The maximum atomic E-state index is 13.3. The van der Waals surface area contributed by atoms with Gasteiger partial charge >= 0.3 is 0 Å². The van der Waals surface area contributed by atoms with E-state index in [0.29, 0.717) is 19.6 Å². The summed E-state index contributed by atoms with van der Waals surface area (Å²) in [6, 6.07) is 7.78. The Morgan fingerprint density at radius 1 is 1.32 bits per heavy atom. The van der Waals surface area contributed by atoms with E-state index in [4.69, 9.17) is 9.47 Å². The van der Waals surface area contributed by atoms with Gasteiger partial charge in [0.25, 0.3) is 0 Å². The van der Waals surface area contributed by atoms with E-state index < -0.39 is 11.5 Å². The largest absolute Gasteiger partial charge is 0.352 e. The summed E-state index contributed by atoms with van der Waals surface area (Å²) in [6.45, 7) is 6.68. The van der Waals surface area contributed by atoms with Crippen molar-refractivity contribution >= 4 is 5.78 Å². The minimum atomic E-state index is -0.688. The van der Waals surface area contributed by atoms with Crippen LogP contribution in [0.5, 0.6) is 0 Å². The Bertz CT molecular complexity index is 689. The number of nitrogens with zero attached hydrogens (tertiary/aromatic N) is 3. The number of hydrogen-bond donors (Lipinski definition) is 0. The van der Waals surface area contributed by atoms with Crippen molar-refractivity contribution in [1.29, 1.82) is 0 Å². The first-order valence-corrected chi connectivity index (χ1v) is 8.69. The van der Waals surface area contributed by atoms with E-state index in [-0.39, 0.29) is 12.1 Å². The van der Waals surface area contributed by atoms with Crippen molar-refractivity contribution in [1.82, 2.24) is 14.8 Å². The summed E-state index contributed by atoms with van der Waals surface area (Å²) >= 11 is 0. The molecule has 0 saturated carbocycles. The molecular formula is C19H25N3O3. The Morgan fingerprint density at radius 3 is 2.56 bits per heavy atom. The summed E-state index contributed by atoms with van der Waals surface area (Å²) in [5.41, 5.74) is 1.60. The van der Waals surface area contributed by atoms with Gasteiger partial charge in [0.15, 0.2) is 12.1 Å². The molecule has 1 atom stereocenters. The van der Waals surface area contributed by atoms with E-state index in [1.54, 1.807) is 11.0 Å². The van der Waals surface area contributed by atoms with Crippen LogP contribution in [0.15, 0.2) is 36.9 Å². The van der Waals surface area contributed by atoms with Crippen molar-refractivity contribution in [2.24, 2.45) is 5.41 Å². The van der Waals surface area contributed by atoms with Gasteiger partial charge in [-0.15, -0.1) is 0 Å². The van der Waals surface area contributed by atoms with Crippen LogP contribution in [0, 0.1) is 12.3 Å². The maximum Gasteiger partial charge on any atom is 0.168 e. The molecule has 1 saturated heterocycles. The standard InChI is InChI=1S/C19H25N3O3/c1-4-17-24-10-19(3,11-25-17)18(23)16(22-13-20-12-21-22)9-15-7-5-14(2)6-8-15/h5-8,12-13,16-17H,4,9-11H2,1-3H3. The van der Waals surface area contributed by atoms with Crippen molar-refractivity contribution in [2.45, 2.75) is 45.9 Å². The van der Waals surface area contributed by atoms with Gasteiger partial charge in [-0.05, 0) is 25.8 Å². The highest BCUT2D eigenvalue weighted by Crippen LogP contribution is 2.32. The topological polar surface area (TPSA) is 66.2 Å². The summed E-state index contributed by atoms with van der Waals surface area (Å²) < 4.78 is 13.1. The molecule has 2 heterocycles. The van der Waals surface area contributed by atoms with Crippen molar-refractivity contribution in [3.63, 3.8) is 0 Å². The van der Waals surface area contributed by atoms with E-state index in [2.05, 4.69) is 34.3 Å². The average molecular weight is 343 g/mol. The number of rotatable bonds is 6. The van der Waals surface area contributed by atoms with E-state index in [9.17, 15) is 4.79 Å². The normalized spacial score (nSPS) is 24.8. The molecule has 1 aliphatic rings. The van der Waals surface area contributed by atoms with Crippen LogP contribution in [-0.4, -0.2) is 40.1 Å². The lowest BCUT2D eigenvalue weighted by Crippen LogP contribution is -2.48. The molecule has 3 rings (SSSR count). The molecule has 1 unspecified atom stereocenters. The molecule has 1 aromatic heterocycles. The minimum Gasteiger partial charge on any atom is -0.352 e. The molecule has 0 aliphatic carbocycles. The van der Waals surface area contributed by atoms with Gasteiger partial charge in [0, 0.05) is 6.42 Å². The lowest BCUT2D eigenvalue weighted by molar-refractivity contribution is -0.224. The van der Waals surface area contributed by atoms with Gasteiger partial charge in [-0.1, -0.05) is 36.8 Å². The average Bonchev–Trinajstić information content (AvgIpc) is 3.16.